The summed E-state index contributed by atoms with van der Waals surface area (Å²) in [5.41, 5.74) is 1.96. The first-order valence-corrected chi connectivity index (χ1v) is 14.8. The lowest BCUT2D eigenvalue weighted by atomic mass is 9.94. The number of likely N-dealkylation sites (tertiary alicyclic amines) is 2. The number of rotatable bonds is 13. The maximum atomic E-state index is 10.1. The number of hydrogen-bond acceptors (Lipinski definition) is 12. The average molecular weight is 617 g/mol. The largest absolute Gasteiger partial charge is 0.490 e. The third kappa shape index (κ3) is 8.71. The minimum absolute atomic E-state index is 0.105. The molecule has 12 nitrogen and oxygen atoms in total. The molecule has 0 radical (unpaired) electrons. The van der Waals surface area contributed by atoms with E-state index in [0.29, 0.717) is 37.6 Å². The molecule has 0 spiro atoms. The van der Waals surface area contributed by atoms with Gasteiger partial charge in [0.15, 0.2) is 0 Å². The molecule has 242 valence electrons. The van der Waals surface area contributed by atoms with Crippen molar-refractivity contribution in [3.63, 3.8) is 0 Å². The Labute approximate surface area is 256 Å². The molecule has 44 heavy (non-hydrogen) atoms. The van der Waals surface area contributed by atoms with E-state index < -0.39 is 48.7 Å². The van der Waals surface area contributed by atoms with Gasteiger partial charge in [-0.15, -0.1) is 0 Å². The van der Waals surface area contributed by atoms with Gasteiger partial charge in [0.05, 0.1) is 37.5 Å². The highest BCUT2D eigenvalue weighted by Crippen LogP contribution is 2.22. The number of allylic oxidation sites excluding steroid dienone is 2. The van der Waals surface area contributed by atoms with Gasteiger partial charge in [0, 0.05) is 13.1 Å². The molecule has 2 heterocycles. The first-order chi connectivity index (χ1) is 21.2. The van der Waals surface area contributed by atoms with E-state index in [0.717, 1.165) is 11.1 Å². The molecule has 8 atom stereocenters. The zero-order valence-corrected chi connectivity index (χ0v) is 24.5. The van der Waals surface area contributed by atoms with Gasteiger partial charge in [-0.1, -0.05) is 36.4 Å². The summed E-state index contributed by atoms with van der Waals surface area (Å²) in [4.78, 5) is 3.27. The van der Waals surface area contributed by atoms with Crippen LogP contribution in [0.4, 0.5) is 0 Å². The van der Waals surface area contributed by atoms with Crippen molar-refractivity contribution in [3.8, 4) is 11.5 Å². The molecular formula is C32H44N2O10. The Bertz CT molecular complexity index is 1140. The third-order valence-electron chi connectivity index (χ3n) is 8.02. The van der Waals surface area contributed by atoms with Gasteiger partial charge in [0.2, 0.25) is 0 Å². The van der Waals surface area contributed by atoms with Gasteiger partial charge < -0.3 is 60.1 Å². The number of benzene rings is 2. The van der Waals surface area contributed by atoms with Crippen molar-refractivity contribution in [3.05, 3.63) is 84.2 Å². The molecule has 2 aromatic rings. The topological polar surface area (TPSA) is 187 Å². The molecule has 0 aromatic heterocycles. The maximum Gasteiger partial charge on any atom is 0.122 e. The molecule has 0 bridgehead atoms. The lowest BCUT2D eigenvalue weighted by molar-refractivity contribution is -0.133. The Morgan fingerprint density at radius 2 is 1.02 bits per heavy atom. The quantitative estimate of drug-likeness (QED) is 0.126. The predicted octanol–water partition coefficient (Wildman–Crippen LogP) is -1.22. The van der Waals surface area contributed by atoms with E-state index in [1.807, 2.05) is 60.7 Å². The lowest BCUT2D eigenvalue weighted by Crippen LogP contribution is -2.60. The van der Waals surface area contributed by atoms with Crippen molar-refractivity contribution < 1.29 is 50.3 Å². The van der Waals surface area contributed by atoms with Crippen molar-refractivity contribution in [1.29, 1.82) is 0 Å². The first kappa shape index (κ1) is 33.7. The summed E-state index contributed by atoms with van der Waals surface area (Å²) in [6.07, 6.45) is 0.951. The van der Waals surface area contributed by atoms with Crippen LogP contribution >= 0.6 is 0 Å². The Kier molecular flexibility index (Phi) is 12.4. The van der Waals surface area contributed by atoms with E-state index in [1.165, 1.54) is 0 Å². The summed E-state index contributed by atoms with van der Waals surface area (Å²) in [6, 6.07) is 13.8. The summed E-state index contributed by atoms with van der Waals surface area (Å²) < 4.78 is 11.7. The monoisotopic (exact) mass is 616 g/mol. The van der Waals surface area contributed by atoms with Crippen LogP contribution in [-0.2, 0) is 12.8 Å². The van der Waals surface area contributed by atoms with Crippen LogP contribution in [-0.4, -0.2) is 139 Å². The second-order valence-corrected chi connectivity index (χ2v) is 11.2. The van der Waals surface area contributed by atoms with E-state index >= 15 is 0 Å². The van der Waals surface area contributed by atoms with Gasteiger partial charge in [-0.3, -0.25) is 0 Å². The van der Waals surface area contributed by atoms with Crippen LogP contribution in [0.5, 0.6) is 11.5 Å². The molecule has 8 unspecified atom stereocenters. The summed E-state index contributed by atoms with van der Waals surface area (Å²) in [5, 5.41) is 79.1. The minimum Gasteiger partial charge on any atom is -0.490 e. The average Bonchev–Trinajstić information content (AvgIpc) is 3.02. The number of aliphatic hydroxyl groups is 8. The molecule has 2 aliphatic rings. The lowest BCUT2D eigenvalue weighted by Gasteiger charge is -2.42. The number of aliphatic hydroxyl groups excluding tert-OH is 8. The molecule has 2 fully saturated rings. The van der Waals surface area contributed by atoms with Gasteiger partial charge in [0.25, 0.3) is 0 Å². The van der Waals surface area contributed by atoms with Gasteiger partial charge in [0.1, 0.15) is 49.1 Å². The summed E-state index contributed by atoms with van der Waals surface area (Å²) in [5.74, 6) is 1.36. The second kappa shape index (κ2) is 16.2. The van der Waals surface area contributed by atoms with Crippen molar-refractivity contribution in [2.45, 2.75) is 61.5 Å². The number of ether oxygens (including phenoxy) is 2. The van der Waals surface area contributed by atoms with Crippen LogP contribution in [0.2, 0.25) is 0 Å². The van der Waals surface area contributed by atoms with Crippen LogP contribution < -0.4 is 9.47 Å². The molecule has 0 saturated carbocycles. The number of hydrogen-bond donors (Lipinski definition) is 8. The first-order valence-electron chi connectivity index (χ1n) is 14.8. The van der Waals surface area contributed by atoms with Gasteiger partial charge in [-0.2, -0.15) is 0 Å². The standard InChI is InChI=1S/C32H44N2O10/c35-19-25-29(39)31(41)27(37)17-33(25)11-3-7-21-5-1-9-23(15-21)43-13-14-44-24-10-2-6-22(16-24)8-4-12-34-18-28(38)32(42)30(40)26(34)20-36/h1-6,9-12,15-16,25-32,35-42H,7-8,13-14,17-20H2. The molecular weight excluding hydrogens is 572 g/mol. The molecule has 0 aliphatic carbocycles. The van der Waals surface area contributed by atoms with Gasteiger partial charge in [-0.25, -0.2) is 0 Å². The van der Waals surface area contributed by atoms with Crippen LogP contribution in [0, 0.1) is 0 Å². The second-order valence-electron chi connectivity index (χ2n) is 11.2. The highest BCUT2D eigenvalue weighted by atomic mass is 16.5. The van der Waals surface area contributed by atoms with Crippen LogP contribution in [0.1, 0.15) is 11.1 Å². The van der Waals surface area contributed by atoms with Crippen molar-refractivity contribution >= 4 is 0 Å². The van der Waals surface area contributed by atoms with Crippen LogP contribution in [0.3, 0.4) is 0 Å². The van der Waals surface area contributed by atoms with Crippen molar-refractivity contribution in [2.75, 3.05) is 39.5 Å². The Morgan fingerprint density at radius 1 is 0.614 bits per heavy atom. The molecule has 2 aromatic carbocycles. The van der Waals surface area contributed by atoms with E-state index in [2.05, 4.69) is 0 Å². The van der Waals surface area contributed by atoms with Crippen molar-refractivity contribution in [1.82, 2.24) is 9.80 Å². The molecule has 2 saturated heterocycles. The Balaban J connectivity index is 1.21. The predicted molar refractivity (Wildman–Crippen MR) is 161 cm³/mol. The number of piperidine rings is 2. The van der Waals surface area contributed by atoms with E-state index in [-0.39, 0.29) is 26.3 Å². The smallest absolute Gasteiger partial charge is 0.122 e. The maximum absolute atomic E-state index is 10.1. The van der Waals surface area contributed by atoms with Gasteiger partial charge in [-0.05, 0) is 60.6 Å². The van der Waals surface area contributed by atoms with Gasteiger partial charge >= 0.3 is 0 Å². The normalized spacial score (nSPS) is 29.5. The zero-order chi connectivity index (χ0) is 31.6. The molecule has 8 N–H and O–H groups in total. The highest BCUT2D eigenvalue weighted by Gasteiger charge is 2.40. The fourth-order valence-corrected chi connectivity index (χ4v) is 5.48. The van der Waals surface area contributed by atoms with Crippen molar-refractivity contribution in [2.24, 2.45) is 0 Å². The SMILES string of the molecule is OCC1C(O)C(O)C(O)CN1C=CCc1cccc(OCCOc2cccc(CC=CN3CC(O)C(O)C(O)C3CO)c2)c1. The van der Waals surface area contributed by atoms with E-state index in [4.69, 9.17) is 9.47 Å². The Morgan fingerprint density at radius 3 is 1.41 bits per heavy atom. The molecule has 4 rings (SSSR count). The zero-order valence-electron chi connectivity index (χ0n) is 24.5. The van der Waals surface area contributed by atoms with E-state index in [9.17, 15) is 40.9 Å². The minimum atomic E-state index is -1.29. The molecule has 2 aliphatic heterocycles. The van der Waals surface area contributed by atoms with Crippen LogP contribution in [0.15, 0.2) is 73.1 Å². The summed E-state index contributed by atoms with van der Waals surface area (Å²) >= 11 is 0. The number of β-amino-alcohol motifs (C(OH)–C–C–N with tert-alkyl or cyclic N) is 2. The molecule has 12 heteroatoms. The molecule has 0 amide bonds. The van der Waals surface area contributed by atoms with E-state index in [1.54, 1.807) is 22.2 Å². The summed E-state index contributed by atoms with van der Waals surface area (Å²) in [6.45, 7) is 0.151. The Hall–Kier alpha value is -3.20. The number of nitrogens with zero attached hydrogens (tertiary/aromatic N) is 2. The fourth-order valence-electron chi connectivity index (χ4n) is 5.48. The highest BCUT2D eigenvalue weighted by molar-refractivity contribution is 5.31. The summed E-state index contributed by atoms with van der Waals surface area (Å²) in [7, 11) is 0. The fraction of sp³-hybridized carbons (Fsp3) is 0.500. The van der Waals surface area contributed by atoms with Crippen LogP contribution in [0.25, 0.3) is 0 Å². The third-order valence-corrected chi connectivity index (χ3v) is 8.02.